The second-order valence-corrected chi connectivity index (χ2v) is 7.80. The van der Waals surface area contributed by atoms with Gasteiger partial charge in [-0.25, -0.2) is 4.68 Å². The smallest absolute Gasteiger partial charge is 0.273 e. The number of aromatic nitrogens is 2. The van der Waals surface area contributed by atoms with Gasteiger partial charge in [0, 0.05) is 18.4 Å². The number of rotatable bonds is 9. The van der Waals surface area contributed by atoms with E-state index in [1.165, 1.54) is 10.2 Å². The van der Waals surface area contributed by atoms with E-state index in [0.29, 0.717) is 23.7 Å². The Morgan fingerprint density at radius 3 is 2.28 bits per heavy atom. The highest BCUT2D eigenvalue weighted by Crippen LogP contribution is 2.13. The number of amides is 2. The minimum Gasteiger partial charge on any atom is -0.273 e. The number of unbranched alkanes of at least 4 members (excludes halogenated alkanes) is 2. The van der Waals surface area contributed by atoms with E-state index in [-0.39, 0.29) is 23.6 Å². The van der Waals surface area contributed by atoms with Crippen molar-refractivity contribution in [3.8, 4) is 0 Å². The molecule has 0 spiro atoms. The first kappa shape index (κ1) is 23.2. The largest absolute Gasteiger partial charge is 0.290 e. The van der Waals surface area contributed by atoms with Crippen LogP contribution in [0.2, 0.25) is 0 Å². The van der Waals surface area contributed by atoms with Gasteiger partial charge in [0.05, 0.1) is 5.39 Å². The number of benzene rings is 2. The summed E-state index contributed by atoms with van der Waals surface area (Å²) < 4.78 is 1.34. The molecule has 1 heterocycles. The van der Waals surface area contributed by atoms with Crippen LogP contribution >= 0.6 is 0 Å². The fourth-order valence-electron chi connectivity index (χ4n) is 3.51. The summed E-state index contributed by atoms with van der Waals surface area (Å²) >= 11 is 0. The van der Waals surface area contributed by atoms with Gasteiger partial charge < -0.3 is 0 Å². The number of nitrogens with one attached hydrogen (secondary N) is 2. The molecule has 0 unspecified atom stereocenters. The van der Waals surface area contributed by atoms with E-state index < -0.39 is 5.91 Å². The van der Waals surface area contributed by atoms with Gasteiger partial charge in [0.1, 0.15) is 0 Å². The number of hydrazine groups is 1. The zero-order chi connectivity index (χ0) is 22.9. The topological polar surface area (TPSA) is 93.1 Å². The van der Waals surface area contributed by atoms with E-state index >= 15 is 0 Å². The van der Waals surface area contributed by atoms with Crippen molar-refractivity contribution in [3.63, 3.8) is 0 Å². The van der Waals surface area contributed by atoms with E-state index in [0.717, 1.165) is 31.2 Å². The molecule has 0 aliphatic heterocycles. The predicted molar refractivity (Wildman–Crippen MR) is 125 cm³/mol. The number of hydrogen-bond donors (Lipinski definition) is 2. The molecule has 0 saturated carbocycles. The third-order valence-electron chi connectivity index (χ3n) is 5.44. The van der Waals surface area contributed by atoms with Crippen LogP contribution in [0, 0.1) is 0 Å². The highest BCUT2D eigenvalue weighted by atomic mass is 16.2. The normalized spacial score (nSPS) is 10.8. The lowest BCUT2D eigenvalue weighted by Crippen LogP contribution is -2.43. The minimum atomic E-state index is -0.550. The zero-order valence-corrected chi connectivity index (χ0v) is 18.7. The molecular weight excluding hydrogens is 404 g/mol. The fraction of sp³-hybridized carbons (Fsp3) is 0.360. The highest BCUT2D eigenvalue weighted by molar-refractivity contribution is 6.05. The molecule has 0 radical (unpaired) electrons. The molecule has 32 heavy (non-hydrogen) atoms. The second kappa shape index (κ2) is 11.2. The van der Waals surface area contributed by atoms with Gasteiger partial charge in [-0.1, -0.05) is 69.2 Å². The standard InChI is InChI=1S/C25H30N4O3/c1-3-5-8-17-29-25(32)21-10-7-6-9-20(21)23(28-29)24(31)27-26-22(30)16-15-19-13-11-18(4-2)12-14-19/h6-7,9-14H,3-5,8,15-17H2,1-2H3,(H,26,30)(H,27,31). The number of aryl methyl sites for hydroxylation is 3. The summed E-state index contributed by atoms with van der Waals surface area (Å²) in [6.45, 7) is 4.62. The Bertz CT molecular complexity index is 1140. The van der Waals surface area contributed by atoms with Gasteiger partial charge in [-0.3, -0.25) is 25.2 Å². The quantitative estimate of drug-likeness (QED) is 0.398. The molecule has 0 atom stereocenters. The second-order valence-electron chi connectivity index (χ2n) is 7.80. The van der Waals surface area contributed by atoms with Gasteiger partial charge in [0.25, 0.3) is 11.5 Å². The van der Waals surface area contributed by atoms with Crippen LogP contribution in [0.1, 0.15) is 61.1 Å². The molecule has 7 nitrogen and oxygen atoms in total. The van der Waals surface area contributed by atoms with Crippen molar-refractivity contribution in [2.24, 2.45) is 0 Å². The third kappa shape index (κ3) is 5.81. The summed E-state index contributed by atoms with van der Waals surface area (Å²) in [6, 6.07) is 15.0. The first-order chi connectivity index (χ1) is 15.5. The van der Waals surface area contributed by atoms with Crippen LogP contribution < -0.4 is 16.4 Å². The average Bonchev–Trinajstić information content (AvgIpc) is 2.83. The number of carbonyl (C=O) groups excluding carboxylic acids is 2. The van der Waals surface area contributed by atoms with Crippen molar-refractivity contribution in [1.82, 2.24) is 20.6 Å². The van der Waals surface area contributed by atoms with Gasteiger partial charge >= 0.3 is 0 Å². The molecule has 0 aliphatic rings. The Hall–Kier alpha value is -3.48. The maximum Gasteiger partial charge on any atom is 0.290 e. The van der Waals surface area contributed by atoms with Crippen molar-refractivity contribution >= 4 is 22.6 Å². The zero-order valence-electron chi connectivity index (χ0n) is 18.7. The predicted octanol–water partition coefficient (Wildman–Crippen LogP) is 3.54. The SMILES string of the molecule is CCCCCn1nc(C(=O)NNC(=O)CCc2ccc(CC)cc2)c2ccccc2c1=O. The molecule has 2 aromatic carbocycles. The molecule has 0 aliphatic carbocycles. The molecule has 0 bridgehead atoms. The summed E-state index contributed by atoms with van der Waals surface area (Å²) in [5, 5.41) is 5.20. The lowest BCUT2D eigenvalue weighted by atomic mass is 10.1. The third-order valence-corrected chi connectivity index (χ3v) is 5.44. The Kier molecular flexibility index (Phi) is 8.14. The molecule has 168 valence electrons. The monoisotopic (exact) mass is 434 g/mol. The van der Waals surface area contributed by atoms with Crippen LogP contribution in [0.5, 0.6) is 0 Å². The Morgan fingerprint density at radius 2 is 1.59 bits per heavy atom. The van der Waals surface area contributed by atoms with Crippen LogP contribution in [-0.2, 0) is 24.2 Å². The minimum absolute atomic E-state index is 0.118. The summed E-state index contributed by atoms with van der Waals surface area (Å²) in [6.07, 6.45) is 4.59. The molecule has 2 N–H and O–H groups in total. The molecular formula is C25H30N4O3. The number of carbonyl (C=O) groups is 2. The Balaban J connectivity index is 1.66. The fourth-order valence-corrected chi connectivity index (χ4v) is 3.51. The van der Waals surface area contributed by atoms with E-state index in [2.05, 4.69) is 41.9 Å². The van der Waals surface area contributed by atoms with Crippen LogP contribution in [-0.4, -0.2) is 21.6 Å². The maximum absolute atomic E-state index is 12.8. The van der Waals surface area contributed by atoms with E-state index in [9.17, 15) is 14.4 Å². The van der Waals surface area contributed by atoms with E-state index in [4.69, 9.17) is 0 Å². The van der Waals surface area contributed by atoms with Gasteiger partial charge in [-0.15, -0.1) is 0 Å². The van der Waals surface area contributed by atoms with Crippen LogP contribution in [0.15, 0.2) is 53.3 Å². The van der Waals surface area contributed by atoms with E-state index in [1.54, 1.807) is 24.3 Å². The van der Waals surface area contributed by atoms with Crippen LogP contribution in [0.3, 0.4) is 0 Å². The number of hydrogen-bond acceptors (Lipinski definition) is 4. The van der Waals surface area contributed by atoms with Gasteiger partial charge in [0.15, 0.2) is 5.69 Å². The van der Waals surface area contributed by atoms with Crippen molar-refractivity contribution in [2.45, 2.75) is 58.9 Å². The lowest BCUT2D eigenvalue weighted by Gasteiger charge is -2.12. The molecule has 3 aromatic rings. The molecule has 0 saturated heterocycles. The Morgan fingerprint density at radius 1 is 0.906 bits per heavy atom. The van der Waals surface area contributed by atoms with Gasteiger partial charge in [-0.2, -0.15) is 5.10 Å². The van der Waals surface area contributed by atoms with Crippen molar-refractivity contribution in [3.05, 3.63) is 75.7 Å². The van der Waals surface area contributed by atoms with Crippen LogP contribution in [0.25, 0.3) is 10.8 Å². The number of fused-ring (bicyclic) bond motifs is 1. The first-order valence-electron chi connectivity index (χ1n) is 11.2. The van der Waals surface area contributed by atoms with Gasteiger partial charge in [0.2, 0.25) is 5.91 Å². The highest BCUT2D eigenvalue weighted by Gasteiger charge is 2.17. The summed E-state index contributed by atoms with van der Waals surface area (Å²) in [5.74, 6) is -0.843. The molecule has 3 rings (SSSR count). The number of nitrogens with zero attached hydrogens (tertiary/aromatic N) is 2. The van der Waals surface area contributed by atoms with Crippen LogP contribution in [0.4, 0.5) is 0 Å². The van der Waals surface area contributed by atoms with Crippen molar-refractivity contribution in [2.75, 3.05) is 0 Å². The molecule has 7 heteroatoms. The van der Waals surface area contributed by atoms with E-state index in [1.807, 2.05) is 12.1 Å². The molecule has 1 aromatic heterocycles. The molecule has 2 amide bonds. The first-order valence-corrected chi connectivity index (χ1v) is 11.2. The maximum atomic E-state index is 12.8. The summed E-state index contributed by atoms with van der Waals surface area (Å²) in [7, 11) is 0. The average molecular weight is 435 g/mol. The summed E-state index contributed by atoms with van der Waals surface area (Å²) in [4.78, 5) is 37.8. The summed E-state index contributed by atoms with van der Waals surface area (Å²) in [5.41, 5.74) is 7.12. The van der Waals surface area contributed by atoms with Gasteiger partial charge in [-0.05, 0) is 36.5 Å². The molecule has 0 fully saturated rings. The Labute approximate surface area is 187 Å². The van der Waals surface area contributed by atoms with Crippen molar-refractivity contribution < 1.29 is 9.59 Å². The lowest BCUT2D eigenvalue weighted by molar-refractivity contribution is -0.121. The van der Waals surface area contributed by atoms with Crippen molar-refractivity contribution in [1.29, 1.82) is 0 Å².